The summed E-state index contributed by atoms with van der Waals surface area (Å²) in [5.41, 5.74) is 5.53. The van der Waals surface area contributed by atoms with E-state index in [4.69, 9.17) is 15.6 Å². The van der Waals surface area contributed by atoms with Gasteiger partial charge in [0.15, 0.2) is 5.69 Å². The Morgan fingerprint density at radius 3 is 2.86 bits per heavy atom. The summed E-state index contributed by atoms with van der Waals surface area (Å²) >= 11 is 0. The monoisotopic (exact) mass is 199 g/mol. The number of nitrogens with zero attached hydrogens (tertiary/aromatic N) is 2. The fraction of sp³-hybridized carbons (Fsp3) is 0.625. The molecule has 6 heteroatoms. The number of hydrogen-bond donors (Lipinski definition) is 2. The second kappa shape index (κ2) is 3.38. The molecule has 78 valence electrons. The quantitative estimate of drug-likeness (QED) is 0.654. The molecule has 1 aromatic rings. The molecule has 0 fully saturated rings. The van der Waals surface area contributed by atoms with Crippen molar-refractivity contribution >= 4 is 5.69 Å². The summed E-state index contributed by atoms with van der Waals surface area (Å²) in [6.45, 7) is 1.51. The maximum absolute atomic E-state index is 11.5. The number of fused-ring (bicyclic) bond motifs is 1. The lowest BCUT2D eigenvalue weighted by molar-refractivity contribution is 0.190. The third kappa shape index (κ3) is 1.19. The van der Waals surface area contributed by atoms with E-state index >= 15 is 0 Å². The van der Waals surface area contributed by atoms with Gasteiger partial charge in [0.2, 0.25) is 5.88 Å². The molecule has 0 spiro atoms. The van der Waals surface area contributed by atoms with E-state index < -0.39 is 0 Å². The molecule has 0 aliphatic carbocycles. The molecule has 2 heterocycles. The average Bonchev–Trinajstić information content (AvgIpc) is 2.72. The predicted octanol–water partition coefficient (Wildman–Crippen LogP) is -0.993. The van der Waals surface area contributed by atoms with Crippen molar-refractivity contribution in [2.45, 2.75) is 19.5 Å². The smallest absolute Gasteiger partial charge is 0.293 e. The molecule has 0 bridgehead atoms. The largest absolute Gasteiger partial charge is 0.474 e. The Hall–Kier alpha value is -1.43. The first-order chi connectivity index (χ1) is 6.75. The molecule has 0 amide bonds. The zero-order valence-corrected chi connectivity index (χ0v) is 7.77. The highest BCUT2D eigenvalue weighted by Crippen LogP contribution is 2.22. The van der Waals surface area contributed by atoms with Crippen molar-refractivity contribution in [3.05, 3.63) is 10.4 Å². The highest BCUT2D eigenvalue weighted by atomic mass is 16.5. The number of aliphatic hydroxyl groups excluding tert-OH is 1. The first-order valence-corrected chi connectivity index (χ1v) is 4.58. The Bertz CT molecular complexity index is 393. The molecule has 0 unspecified atom stereocenters. The van der Waals surface area contributed by atoms with Crippen LogP contribution in [-0.2, 0) is 13.1 Å². The van der Waals surface area contributed by atoms with Crippen molar-refractivity contribution in [1.29, 1.82) is 0 Å². The topological polar surface area (TPSA) is 82.4 Å². The Morgan fingerprint density at radius 1 is 1.43 bits per heavy atom. The Balaban J connectivity index is 2.39. The average molecular weight is 199 g/mol. The minimum absolute atomic E-state index is 0.0845. The SMILES string of the molecule is Nc1c(OCCO)n2n(c1=O)CCC2. The summed E-state index contributed by atoms with van der Waals surface area (Å²) in [7, 11) is 0. The number of nitrogen functional groups attached to an aromatic ring is 1. The van der Waals surface area contributed by atoms with Crippen LogP contribution >= 0.6 is 0 Å². The number of hydrogen-bond acceptors (Lipinski definition) is 4. The third-order valence-electron chi connectivity index (χ3n) is 2.29. The van der Waals surface area contributed by atoms with Gasteiger partial charge in [-0.2, -0.15) is 0 Å². The van der Waals surface area contributed by atoms with E-state index in [1.807, 2.05) is 0 Å². The maximum Gasteiger partial charge on any atom is 0.293 e. The van der Waals surface area contributed by atoms with Crippen molar-refractivity contribution in [2.75, 3.05) is 18.9 Å². The second-order valence-corrected chi connectivity index (χ2v) is 3.20. The lowest BCUT2D eigenvalue weighted by Gasteiger charge is -2.06. The van der Waals surface area contributed by atoms with Crippen LogP contribution in [0.3, 0.4) is 0 Å². The van der Waals surface area contributed by atoms with Crippen LogP contribution in [0.4, 0.5) is 5.69 Å². The lowest BCUT2D eigenvalue weighted by atomic mass is 10.4. The van der Waals surface area contributed by atoms with E-state index in [1.165, 1.54) is 0 Å². The van der Waals surface area contributed by atoms with Crippen LogP contribution in [0.5, 0.6) is 5.88 Å². The maximum atomic E-state index is 11.5. The number of rotatable bonds is 3. The van der Waals surface area contributed by atoms with Gasteiger partial charge >= 0.3 is 0 Å². The van der Waals surface area contributed by atoms with Crippen LogP contribution in [0.15, 0.2) is 4.79 Å². The van der Waals surface area contributed by atoms with E-state index in [-0.39, 0.29) is 24.5 Å². The Morgan fingerprint density at radius 2 is 2.14 bits per heavy atom. The van der Waals surface area contributed by atoms with Crippen molar-refractivity contribution < 1.29 is 9.84 Å². The van der Waals surface area contributed by atoms with Crippen LogP contribution in [0, 0.1) is 0 Å². The van der Waals surface area contributed by atoms with Gasteiger partial charge in [-0.15, -0.1) is 0 Å². The summed E-state index contributed by atoms with van der Waals surface area (Å²) in [5, 5.41) is 8.61. The van der Waals surface area contributed by atoms with Gasteiger partial charge in [-0.25, -0.2) is 9.36 Å². The van der Waals surface area contributed by atoms with Crippen molar-refractivity contribution in [3.63, 3.8) is 0 Å². The van der Waals surface area contributed by atoms with Crippen molar-refractivity contribution in [1.82, 2.24) is 9.36 Å². The highest BCUT2D eigenvalue weighted by Gasteiger charge is 2.22. The molecule has 3 N–H and O–H groups in total. The second-order valence-electron chi connectivity index (χ2n) is 3.20. The fourth-order valence-electron chi connectivity index (χ4n) is 1.70. The normalized spacial score (nSPS) is 14.4. The summed E-state index contributed by atoms with van der Waals surface area (Å²) in [5.74, 6) is 0.390. The molecule has 0 radical (unpaired) electrons. The van der Waals surface area contributed by atoms with Crippen LogP contribution < -0.4 is 16.0 Å². The van der Waals surface area contributed by atoms with Crippen LogP contribution in [0.25, 0.3) is 0 Å². The van der Waals surface area contributed by atoms with E-state index in [0.717, 1.165) is 13.0 Å². The van der Waals surface area contributed by atoms with Crippen molar-refractivity contribution in [2.24, 2.45) is 0 Å². The number of anilines is 1. The van der Waals surface area contributed by atoms with Gasteiger partial charge in [0, 0.05) is 13.1 Å². The molecule has 1 aliphatic rings. The van der Waals surface area contributed by atoms with Gasteiger partial charge < -0.3 is 15.6 Å². The van der Waals surface area contributed by atoms with Crippen LogP contribution in [-0.4, -0.2) is 27.7 Å². The summed E-state index contributed by atoms with van der Waals surface area (Å²) in [6.07, 6.45) is 0.922. The Kier molecular flexibility index (Phi) is 2.20. The van der Waals surface area contributed by atoms with Crippen LogP contribution in [0.1, 0.15) is 6.42 Å². The van der Waals surface area contributed by atoms with Gasteiger partial charge in [-0.05, 0) is 6.42 Å². The number of ether oxygens (including phenoxy) is 1. The third-order valence-corrected chi connectivity index (χ3v) is 2.29. The number of nitrogens with two attached hydrogens (primary N) is 1. The molecule has 6 nitrogen and oxygen atoms in total. The highest BCUT2D eigenvalue weighted by molar-refractivity contribution is 5.47. The van der Waals surface area contributed by atoms with Gasteiger partial charge in [0.05, 0.1) is 6.61 Å². The molecule has 0 atom stereocenters. The zero-order chi connectivity index (χ0) is 10.1. The van der Waals surface area contributed by atoms with Crippen molar-refractivity contribution in [3.8, 4) is 5.88 Å². The molecular formula is C8H13N3O3. The number of aromatic nitrogens is 2. The van der Waals surface area contributed by atoms with E-state index in [9.17, 15) is 4.79 Å². The Labute approximate surface area is 80.5 Å². The molecule has 0 aromatic carbocycles. The van der Waals surface area contributed by atoms with Gasteiger partial charge in [0.1, 0.15) is 6.61 Å². The summed E-state index contributed by atoms with van der Waals surface area (Å²) in [6, 6.07) is 0. The minimum Gasteiger partial charge on any atom is -0.474 e. The lowest BCUT2D eigenvalue weighted by Crippen LogP contribution is -2.18. The van der Waals surface area contributed by atoms with E-state index in [0.29, 0.717) is 12.4 Å². The molecule has 2 rings (SSSR count). The van der Waals surface area contributed by atoms with E-state index in [1.54, 1.807) is 9.36 Å². The summed E-state index contributed by atoms with van der Waals surface area (Å²) < 4.78 is 8.52. The minimum atomic E-state index is -0.199. The predicted molar refractivity (Wildman–Crippen MR) is 50.3 cm³/mol. The molecule has 1 aliphatic heterocycles. The first-order valence-electron chi connectivity index (χ1n) is 4.58. The standard InChI is InChI=1S/C8H13N3O3/c9-6-7(13)10-2-1-3-11(10)8(6)14-5-4-12/h12H,1-5,9H2. The van der Waals surface area contributed by atoms with Crippen LogP contribution in [0.2, 0.25) is 0 Å². The first kappa shape index (κ1) is 9.14. The molecule has 1 aromatic heterocycles. The summed E-state index contributed by atoms with van der Waals surface area (Å²) in [4.78, 5) is 11.5. The zero-order valence-electron chi connectivity index (χ0n) is 7.77. The van der Waals surface area contributed by atoms with Gasteiger partial charge in [-0.3, -0.25) is 4.79 Å². The van der Waals surface area contributed by atoms with Gasteiger partial charge in [-0.1, -0.05) is 0 Å². The number of aliphatic hydroxyl groups is 1. The molecular weight excluding hydrogens is 186 g/mol. The van der Waals surface area contributed by atoms with Gasteiger partial charge in [0.25, 0.3) is 5.56 Å². The molecule has 14 heavy (non-hydrogen) atoms. The fourth-order valence-corrected chi connectivity index (χ4v) is 1.70. The molecule has 0 saturated heterocycles. The molecule has 0 saturated carbocycles. The van der Waals surface area contributed by atoms with E-state index in [2.05, 4.69) is 0 Å².